The molecule has 0 heterocycles. The first-order valence-corrected chi connectivity index (χ1v) is 11.0. The maximum atomic E-state index is 13.0. The third-order valence-corrected chi connectivity index (χ3v) is 5.94. The van der Waals surface area contributed by atoms with E-state index in [2.05, 4.69) is 10.0 Å². The van der Waals surface area contributed by atoms with E-state index in [1.165, 1.54) is 6.07 Å². The van der Waals surface area contributed by atoms with Crippen molar-refractivity contribution in [1.29, 1.82) is 15.8 Å². The molecular weight excluding hydrogens is 438 g/mol. The lowest BCUT2D eigenvalue weighted by Crippen LogP contribution is -2.14. The molecule has 0 bridgehead atoms. The van der Waals surface area contributed by atoms with E-state index in [4.69, 9.17) is 15.3 Å². The van der Waals surface area contributed by atoms with Gasteiger partial charge in [0.15, 0.2) is 5.57 Å². The smallest absolute Gasteiger partial charge is 0.262 e. The molecule has 0 radical (unpaired) electrons. The van der Waals surface area contributed by atoms with Crippen molar-refractivity contribution in [3.8, 4) is 29.7 Å². The number of nitrogens with zero attached hydrogens (tertiary/aromatic N) is 3. The average molecular weight is 455 g/mol. The SMILES string of the molecule is Cc1ccc(NC(C#N)=C(C#N)C#N)cc1S(=O)(=O)Nc1ccc(Oc2ccccc2)cc1. The van der Waals surface area contributed by atoms with Gasteiger partial charge in [0.25, 0.3) is 10.0 Å². The molecule has 0 amide bonds. The molecule has 0 fully saturated rings. The number of sulfonamides is 1. The van der Waals surface area contributed by atoms with Gasteiger partial charge in [-0.2, -0.15) is 15.8 Å². The molecule has 9 heteroatoms. The number of anilines is 2. The lowest BCUT2D eigenvalue weighted by Gasteiger charge is -2.13. The zero-order valence-electron chi connectivity index (χ0n) is 17.4. The lowest BCUT2D eigenvalue weighted by molar-refractivity contribution is 0.483. The first-order valence-electron chi connectivity index (χ1n) is 9.54. The maximum Gasteiger partial charge on any atom is 0.262 e. The highest BCUT2D eigenvalue weighted by Gasteiger charge is 2.18. The van der Waals surface area contributed by atoms with Gasteiger partial charge in [-0.3, -0.25) is 4.72 Å². The van der Waals surface area contributed by atoms with E-state index in [0.29, 0.717) is 22.7 Å². The summed E-state index contributed by atoms with van der Waals surface area (Å²) in [5.41, 5.74) is 0.377. The second kappa shape index (κ2) is 10.0. The number of benzene rings is 3. The Labute approximate surface area is 191 Å². The van der Waals surface area contributed by atoms with Crippen LogP contribution in [-0.2, 0) is 10.0 Å². The fraction of sp³-hybridized carbons (Fsp3) is 0.0417. The molecule has 2 N–H and O–H groups in total. The molecule has 0 atom stereocenters. The van der Waals surface area contributed by atoms with E-state index in [1.54, 1.807) is 61.5 Å². The molecule has 33 heavy (non-hydrogen) atoms. The van der Waals surface area contributed by atoms with E-state index >= 15 is 0 Å². The van der Waals surface area contributed by atoms with E-state index in [9.17, 15) is 13.7 Å². The molecule has 0 aliphatic rings. The summed E-state index contributed by atoms with van der Waals surface area (Å²) < 4.78 is 34.2. The fourth-order valence-corrected chi connectivity index (χ4v) is 4.15. The van der Waals surface area contributed by atoms with E-state index in [1.807, 2.05) is 30.3 Å². The quantitative estimate of drug-likeness (QED) is 0.487. The standard InChI is InChI=1S/C24H17N5O3S/c1-17-7-8-20(28-23(16-27)18(14-25)15-26)13-24(17)33(30,31)29-19-9-11-22(12-10-19)32-21-5-3-2-4-6-21/h2-13,28-29H,1H3. The number of aryl methyl sites for hydroxylation is 1. The van der Waals surface area contributed by atoms with Crippen molar-refractivity contribution in [2.45, 2.75) is 11.8 Å². The zero-order valence-corrected chi connectivity index (χ0v) is 18.2. The van der Waals surface area contributed by atoms with Gasteiger partial charge in [-0.1, -0.05) is 24.3 Å². The Morgan fingerprint density at radius 3 is 2.03 bits per heavy atom. The minimum absolute atomic E-state index is 0.0233. The molecule has 0 spiro atoms. The summed E-state index contributed by atoms with van der Waals surface area (Å²) in [7, 11) is -3.97. The van der Waals surface area contributed by atoms with Crippen LogP contribution >= 0.6 is 0 Å². The second-order valence-corrected chi connectivity index (χ2v) is 8.39. The summed E-state index contributed by atoms with van der Waals surface area (Å²) in [5, 5.41) is 29.8. The Hall–Kier alpha value is -4.78. The van der Waals surface area contributed by atoms with Crippen LogP contribution in [0.2, 0.25) is 0 Å². The predicted molar refractivity (Wildman–Crippen MR) is 122 cm³/mol. The van der Waals surface area contributed by atoms with E-state index in [-0.39, 0.29) is 16.3 Å². The minimum Gasteiger partial charge on any atom is -0.457 e. The normalized spacial score (nSPS) is 10.1. The highest BCUT2D eigenvalue weighted by atomic mass is 32.2. The summed E-state index contributed by atoms with van der Waals surface area (Å²) in [4.78, 5) is -0.0233. The topological polar surface area (TPSA) is 139 Å². The molecule has 0 saturated carbocycles. The Balaban J connectivity index is 1.82. The molecular formula is C24H17N5O3S. The van der Waals surface area contributed by atoms with Crippen LogP contribution in [0.3, 0.4) is 0 Å². The predicted octanol–water partition coefficient (Wildman–Crippen LogP) is 4.82. The maximum absolute atomic E-state index is 13.0. The molecule has 0 aliphatic carbocycles. The number of hydrogen-bond donors (Lipinski definition) is 2. The largest absolute Gasteiger partial charge is 0.457 e. The molecule has 0 aromatic heterocycles. The van der Waals surface area contributed by atoms with Crippen molar-refractivity contribution in [2.24, 2.45) is 0 Å². The number of allylic oxidation sites excluding steroid dienone is 2. The minimum atomic E-state index is -3.97. The van der Waals surface area contributed by atoms with Gasteiger partial charge in [0.05, 0.1) is 4.90 Å². The van der Waals surface area contributed by atoms with Crippen LogP contribution in [0.1, 0.15) is 5.56 Å². The van der Waals surface area contributed by atoms with Gasteiger partial charge in [0, 0.05) is 11.4 Å². The van der Waals surface area contributed by atoms with Crippen LogP contribution < -0.4 is 14.8 Å². The Bertz CT molecular complexity index is 1410. The van der Waals surface area contributed by atoms with Crippen molar-refractivity contribution >= 4 is 21.4 Å². The molecule has 3 aromatic rings. The first kappa shape index (κ1) is 22.9. The number of nitriles is 3. The summed E-state index contributed by atoms with van der Waals surface area (Å²) >= 11 is 0. The molecule has 0 aliphatic heterocycles. The molecule has 162 valence electrons. The van der Waals surface area contributed by atoms with Gasteiger partial charge in [0.2, 0.25) is 0 Å². The molecule has 3 aromatic carbocycles. The third-order valence-electron chi connectivity index (χ3n) is 4.42. The van der Waals surface area contributed by atoms with Gasteiger partial charge in [-0.15, -0.1) is 0 Å². The zero-order chi connectivity index (χ0) is 23.8. The average Bonchev–Trinajstić information content (AvgIpc) is 2.82. The Morgan fingerprint density at radius 2 is 1.42 bits per heavy atom. The van der Waals surface area contributed by atoms with Crippen molar-refractivity contribution in [3.05, 3.63) is 89.6 Å². The highest BCUT2D eigenvalue weighted by Crippen LogP contribution is 2.26. The monoisotopic (exact) mass is 455 g/mol. The second-order valence-electron chi connectivity index (χ2n) is 6.74. The molecule has 0 saturated heterocycles. The van der Waals surface area contributed by atoms with Gasteiger partial charge < -0.3 is 10.1 Å². The molecule has 8 nitrogen and oxygen atoms in total. The Morgan fingerprint density at radius 1 is 0.818 bits per heavy atom. The van der Waals surface area contributed by atoms with Gasteiger partial charge in [-0.25, -0.2) is 8.42 Å². The van der Waals surface area contributed by atoms with Crippen LogP contribution in [0.25, 0.3) is 0 Å². The van der Waals surface area contributed by atoms with Crippen molar-refractivity contribution in [1.82, 2.24) is 0 Å². The number of ether oxygens (including phenoxy) is 1. The van der Waals surface area contributed by atoms with Gasteiger partial charge >= 0.3 is 0 Å². The summed E-state index contributed by atoms with van der Waals surface area (Å²) in [6.07, 6.45) is 0. The highest BCUT2D eigenvalue weighted by molar-refractivity contribution is 7.92. The van der Waals surface area contributed by atoms with Gasteiger partial charge in [0.1, 0.15) is 35.4 Å². The van der Waals surface area contributed by atoms with Crippen LogP contribution in [0.15, 0.2) is 89.0 Å². The van der Waals surface area contributed by atoms with Crippen molar-refractivity contribution < 1.29 is 13.2 Å². The number of para-hydroxylation sites is 1. The van der Waals surface area contributed by atoms with Crippen molar-refractivity contribution in [2.75, 3.05) is 10.0 Å². The van der Waals surface area contributed by atoms with Crippen LogP contribution in [0.4, 0.5) is 11.4 Å². The lowest BCUT2D eigenvalue weighted by atomic mass is 10.2. The van der Waals surface area contributed by atoms with E-state index < -0.39 is 15.6 Å². The molecule has 0 unspecified atom stereocenters. The number of rotatable bonds is 7. The number of nitrogens with one attached hydrogen (secondary N) is 2. The fourth-order valence-electron chi connectivity index (χ4n) is 2.82. The third kappa shape index (κ3) is 5.68. The van der Waals surface area contributed by atoms with Crippen LogP contribution in [-0.4, -0.2) is 8.42 Å². The van der Waals surface area contributed by atoms with Crippen LogP contribution in [0.5, 0.6) is 11.5 Å². The number of hydrogen-bond acceptors (Lipinski definition) is 7. The summed E-state index contributed by atoms with van der Waals surface area (Å²) in [6.45, 7) is 1.63. The van der Waals surface area contributed by atoms with E-state index in [0.717, 1.165) is 0 Å². The van der Waals surface area contributed by atoms with Crippen molar-refractivity contribution in [3.63, 3.8) is 0 Å². The summed E-state index contributed by atoms with van der Waals surface area (Å²) in [5.74, 6) is 1.21. The molecule has 3 rings (SSSR count). The summed E-state index contributed by atoms with van der Waals surface area (Å²) in [6, 6.07) is 25.1. The van der Waals surface area contributed by atoms with Gasteiger partial charge in [-0.05, 0) is 61.0 Å². The Kier molecular flexibility index (Phi) is 6.95. The first-order chi connectivity index (χ1) is 15.9. The van der Waals surface area contributed by atoms with Crippen LogP contribution in [0, 0.1) is 40.9 Å².